The highest BCUT2D eigenvalue weighted by atomic mass is 32.2. The van der Waals surface area contributed by atoms with E-state index >= 15 is 0 Å². The molecule has 1 unspecified atom stereocenters. The average molecular weight is 633 g/mol. The molecule has 3 aromatic carbocycles. The van der Waals surface area contributed by atoms with Gasteiger partial charge in [-0.15, -0.1) is 0 Å². The van der Waals surface area contributed by atoms with Crippen molar-refractivity contribution in [2.75, 3.05) is 56.7 Å². The molecule has 0 aliphatic carbocycles. The molecule has 0 radical (unpaired) electrons. The van der Waals surface area contributed by atoms with E-state index in [0.717, 1.165) is 33.3 Å². The summed E-state index contributed by atoms with van der Waals surface area (Å²) in [6.07, 6.45) is 3.47. The molecule has 11 heteroatoms. The molecule has 238 valence electrons. The van der Waals surface area contributed by atoms with E-state index in [2.05, 4.69) is 20.5 Å². The number of aromatic nitrogens is 1. The summed E-state index contributed by atoms with van der Waals surface area (Å²) in [6, 6.07) is 16.9. The lowest BCUT2D eigenvalue weighted by Crippen LogP contribution is -2.56. The SMILES string of the molecule is Cc1cc(F)ccc1N1CCN(C(=O)N[C@@H](C(=O)Nc2cc(CN(C)C)ccc2S(C)=O)[C@@H](C)c2c[nH]c3ccccc23)CC1. The van der Waals surface area contributed by atoms with Crippen LogP contribution in [0.4, 0.5) is 20.6 Å². The Hall–Kier alpha value is -4.22. The lowest BCUT2D eigenvalue weighted by atomic mass is 9.92. The number of amides is 3. The summed E-state index contributed by atoms with van der Waals surface area (Å²) in [5, 5.41) is 7.02. The number of aromatic amines is 1. The van der Waals surface area contributed by atoms with Crippen molar-refractivity contribution in [1.82, 2.24) is 20.1 Å². The van der Waals surface area contributed by atoms with Crippen molar-refractivity contribution >= 4 is 45.0 Å². The summed E-state index contributed by atoms with van der Waals surface area (Å²) < 4.78 is 26.3. The third kappa shape index (κ3) is 7.37. The summed E-state index contributed by atoms with van der Waals surface area (Å²) in [7, 11) is 2.57. The minimum atomic E-state index is -1.34. The quantitative estimate of drug-likeness (QED) is 0.240. The summed E-state index contributed by atoms with van der Waals surface area (Å²) in [6.45, 7) is 6.51. The van der Waals surface area contributed by atoms with E-state index in [1.165, 1.54) is 12.1 Å². The van der Waals surface area contributed by atoms with Crippen LogP contribution in [0.25, 0.3) is 10.9 Å². The molecule has 3 amide bonds. The van der Waals surface area contributed by atoms with E-state index < -0.39 is 28.7 Å². The van der Waals surface area contributed by atoms with E-state index in [-0.39, 0.29) is 11.8 Å². The Balaban J connectivity index is 1.39. The number of rotatable bonds is 9. The van der Waals surface area contributed by atoms with Crippen LogP contribution in [0.3, 0.4) is 0 Å². The zero-order valence-electron chi connectivity index (χ0n) is 26.4. The molecule has 1 saturated heterocycles. The number of nitrogens with one attached hydrogen (secondary N) is 3. The fraction of sp³-hybridized carbons (Fsp3) is 0.353. The Morgan fingerprint density at radius 3 is 2.47 bits per heavy atom. The second kappa shape index (κ2) is 13.8. The number of nitrogens with zero attached hydrogens (tertiary/aromatic N) is 3. The Labute approximate surface area is 266 Å². The Morgan fingerprint density at radius 2 is 1.78 bits per heavy atom. The minimum Gasteiger partial charge on any atom is -0.368 e. The van der Waals surface area contributed by atoms with Crippen molar-refractivity contribution in [2.45, 2.75) is 37.2 Å². The molecule has 1 aliphatic heterocycles. The summed E-state index contributed by atoms with van der Waals surface area (Å²) in [4.78, 5) is 37.5. The van der Waals surface area contributed by atoms with E-state index in [1.807, 2.05) is 75.4 Å². The third-order valence-electron chi connectivity index (χ3n) is 8.35. The van der Waals surface area contributed by atoms with E-state index in [9.17, 15) is 18.2 Å². The smallest absolute Gasteiger partial charge is 0.318 e. The number of carbonyl (C=O) groups is 2. The lowest BCUT2D eigenvalue weighted by Gasteiger charge is -2.37. The number of benzene rings is 3. The number of para-hydroxylation sites is 1. The van der Waals surface area contributed by atoms with Crippen LogP contribution in [-0.2, 0) is 22.1 Å². The average Bonchev–Trinajstić information content (AvgIpc) is 3.43. The molecule has 3 N–H and O–H groups in total. The number of hydrogen-bond donors (Lipinski definition) is 3. The van der Waals surface area contributed by atoms with Crippen molar-refractivity contribution in [3.05, 3.63) is 89.4 Å². The largest absolute Gasteiger partial charge is 0.368 e. The molecule has 1 aromatic heterocycles. The Bertz CT molecular complexity index is 1720. The second-order valence-corrected chi connectivity index (χ2v) is 13.3. The maximum absolute atomic E-state index is 14.1. The van der Waals surface area contributed by atoms with Gasteiger partial charge in [-0.05, 0) is 74.1 Å². The standard InChI is InChI=1S/C34H41FN6O3S/c1-22-18-25(35)11-12-30(22)40-14-16-41(17-15-40)34(43)38-32(23(2)27-20-36-28-9-7-6-8-26(27)28)33(42)37-29-19-24(21-39(3)4)10-13-31(29)45(5)44/h6-13,18-20,23,32,36H,14-17,21H2,1-5H3,(H,37,42)(H,38,43)/t23-,32+,45?/m0/s1. The maximum Gasteiger partial charge on any atom is 0.318 e. The molecular weight excluding hydrogens is 591 g/mol. The molecule has 1 aliphatic rings. The van der Waals surface area contributed by atoms with E-state index in [1.54, 1.807) is 23.3 Å². The van der Waals surface area contributed by atoms with Crippen LogP contribution >= 0.6 is 0 Å². The van der Waals surface area contributed by atoms with Crippen LogP contribution in [-0.4, -0.2) is 83.5 Å². The normalized spacial score (nSPS) is 15.6. The number of fused-ring (bicyclic) bond motifs is 1. The van der Waals surface area contributed by atoms with Crippen molar-refractivity contribution in [3.63, 3.8) is 0 Å². The van der Waals surface area contributed by atoms with Gasteiger partial charge in [-0.25, -0.2) is 9.18 Å². The van der Waals surface area contributed by atoms with Crippen LogP contribution in [0.1, 0.15) is 29.5 Å². The second-order valence-electron chi connectivity index (χ2n) is 11.9. The highest BCUT2D eigenvalue weighted by Crippen LogP contribution is 2.30. The number of piperazine rings is 1. The molecule has 5 rings (SSSR count). The number of H-pyrrole nitrogens is 1. The first kappa shape index (κ1) is 32.2. The van der Waals surface area contributed by atoms with Gasteiger partial charge in [0.15, 0.2) is 0 Å². The van der Waals surface area contributed by atoms with Crippen LogP contribution in [0.5, 0.6) is 0 Å². The Kier molecular flexibility index (Phi) is 9.89. The number of carbonyl (C=O) groups excluding carboxylic acids is 2. The van der Waals surface area contributed by atoms with Gasteiger partial charge in [-0.1, -0.05) is 31.2 Å². The number of urea groups is 1. The van der Waals surface area contributed by atoms with Crippen molar-refractivity contribution in [2.24, 2.45) is 0 Å². The van der Waals surface area contributed by atoms with Crippen molar-refractivity contribution in [1.29, 1.82) is 0 Å². The summed E-state index contributed by atoms with van der Waals surface area (Å²) >= 11 is 0. The maximum atomic E-state index is 14.1. The number of halogens is 1. The Morgan fingerprint density at radius 1 is 1.04 bits per heavy atom. The topological polar surface area (TPSA) is 101 Å². The first-order valence-corrected chi connectivity index (χ1v) is 16.6. The first-order valence-electron chi connectivity index (χ1n) is 15.1. The van der Waals surface area contributed by atoms with Crippen molar-refractivity contribution < 1.29 is 18.2 Å². The number of anilines is 2. The van der Waals surface area contributed by atoms with Crippen LogP contribution in [0.15, 0.2) is 71.8 Å². The van der Waals surface area contributed by atoms with Gasteiger partial charge in [0.05, 0.1) is 21.4 Å². The molecule has 9 nitrogen and oxygen atoms in total. The zero-order valence-corrected chi connectivity index (χ0v) is 27.2. The molecule has 1 fully saturated rings. The molecule has 0 bridgehead atoms. The van der Waals surface area contributed by atoms with Gasteiger partial charge in [-0.2, -0.15) is 0 Å². The monoisotopic (exact) mass is 632 g/mol. The zero-order chi connectivity index (χ0) is 32.2. The van der Waals surface area contributed by atoms with Crippen LogP contribution < -0.4 is 15.5 Å². The summed E-state index contributed by atoms with van der Waals surface area (Å²) in [5.41, 5.74) is 5.07. The van der Waals surface area contributed by atoms with Gasteiger partial charge in [-0.3, -0.25) is 9.00 Å². The van der Waals surface area contributed by atoms with Gasteiger partial charge in [0.2, 0.25) is 5.91 Å². The highest BCUT2D eigenvalue weighted by molar-refractivity contribution is 7.84. The highest BCUT2D eigenvalue weighted by Gasteiger charge is 2.33. The molecule has 0 saturated carbocycles. The molecule has 2 heterocycles. The minimum absolute atomic E-state index is 0.273. The number of hydrogen-bond acceptors (Lipinski definition) is 5. The molecule has 0 spiro atoms. The van der Waals surface area contributed by atoms with Gasteiger partial charge >= 0.3 is 6.03 Å². The van der Waals surface area contributed by atoms with Gasteiger partial charge < -0.3 is 30.3 Å². The summed E-state index contributed by atoms with van der Waals surface area (Å²) in [5.74, 6) is -1.06. The lowest BCUT2D eigenvalue weighted by molar-refractivity contribution is -0.118. The molecule has 45 heavy (non-hydrogen) atoms. The fourth-order valence-corrected chi connectivity index (χ4v) is 6.70. The van der Waals surface area contributed by atoms with Gasteiger partial charge in [0.1, 0.15) is 11.9 Å². The van der Waals surface area contributed by atoms with Crippen molar-refractivity contribution in [3.8, 4) is 0 Å². The molecular formula is C34H41FN6O3S. The van der Waals surface area contributed by atoms with E-state index in [0.29, 0.717) is 43.3 Å². The van der Waals surface area contributed by atoms with Gasteiger partial charge in [0.25, 0.3) is 0 Å². The van der Waals surface area contributed by atoms with Crippen LogP contribution in [0, 0.1) is 12.7 Å². The predicted molar refractivity (Wildman–Crippen MR) is 179 cm³/mol. The molecule has 4 aromatic rings. The first-order chi connectivity index (χ1) is 21.5. The predicted octanol–water partition coefficient (Wildman–Crippen LogP) is 5.06. The van der Waals surface area contributed by atoms with E-state index in [4.69, 9.17) is 0 Å². The number of aryl methyl sites for hydroxylation is 1. The third-order valence-corrected chi connectivity index (χ3v) is 9.33. The fourth-order valence-electron chi connectivity index (χ4n) is 6.02. The molecule has 3 atom stereocenters. The van der Waals surface area contributed by atoms with Crippen LogP contribution in [0.2, 0.25) is 0 Å². The van der Waals surface area contributed by atoms with Gasteiger partial charge in [0, 0.05) is 67.7 Å².